The highest BCUT2D eigenvalue weighted by Gasteiger charge is 2.24. The quantitative estimate of drug-likeness (QED) is 0.830. The molecule has 1 amide bonds. The van der Waals surface area contributed by atoms with Crippen LogP contribution in [0.2, 0.25) is 0 Å². The first-order valence-corrected chi connectivity index (χ1v) is 7.37. The van der Waals surface area contributed by atoms with Crippen molar-refractivity contribution in [1.29, 1.82) is 0 Å². The van der Waals surface area contributed by atoms with E-state index in [9.17, 15) is 30.8 Å². The lowest BCUT2D eigenvalue weighted by Gasteiger charge is -2.11. The highest BCUT2D eigenvalue weighted by Crippen LogP contribution is 2.25. The molecule has 3 N–H and O–H groups in total. The maximum absolute atomic E-state index is 14.0. The molecule has 0 aliphatic carbocycles. The van der Waals surface area contributed by atoms with E-state index in [1.54, 1.807) is 4.72 Å². The number of halogens is 4. The number of hydrogen-bond acceptors (Lipinski definition) is 3. The van der Waals surface area contributed by atoms with Gasteiger partial charge >= 0.3 is 0 Å². The SMILES string of the molecule is NC(=O)c1c(F)ccc(NS(=O)(=O)c2cc(F)ccc2F)c1F. The summed E-state index contributed by atoms with van der Waals surface area (Å²) >= 11 is 0. The second-order valence-electron chi connectivity index (χ2n) is 4.33. The van der Waals surface area contributed by atoms with E-state index in [1.807, 2.05) is 0 Å². The molecule has 23 heavy (non-hydrogen) atoms. The molecule has 0 fully saturated rings. The summed E-state index contributed by atoms with van der Waals surface area (Å²) in [7, 11) is -4.72. The van der Waals surface area contributed by atoms with Crippen LogP contribution in [-0.4, -0.2) is 14.3 Å². The first kappa shape index (κ1) is 16.7. The zero-order chi connectivity index (χ0) is 17.4. The van der Waals surface area contributed by atoms with Crippen molar-refractivity contribution in [2.75, 3.05) is 4.72 Å². The summed E-state index contributed by atoms with van der Waals surface area (Å²) in [6.45, 7) is 0. The monoisotopic (exact) mass is 348 g/mol. The highest BCUT2D eigenvalue weighted by molar-refractivity contribution is 7.92. The molecule has 0 heterocycles. The summed E-state index contributed by atoms with van der Waals surface area (Å²) in [6.07, 6.45) is 0. The number of carbonyl (C=O) groups excluding carboxylic acids is 1. The lowest BCUT2D eigenvalue weighted by molar-refractivity contribution is 0.0992. The Labute approximate surface area is 127 Å². The molecule has 5 nitrogen and oxygen atoms in total. The van der Waals surface area contributed by atoms with Gasteiger partial charge in [0.25, 0.3) is 15.9 Å². The Balaban J connectivity index is 2.52. The number of nitrogens with one attached hydrogen (secondary N) is 1. The minimum absolute atomic E-state index is 0.383. The maximum atomic E-state index is 14.0. The molecule has 2 aromatic rings. The Morgan fingerprint density at radius 1 is 1.00 bits per heavy atom. The molecule has 0 radical (unpaired) electrons. The van der Waals surface area contributed by atoms with Crippen LogP contribution in [0.3, 0.4) is 0 Å². The fourth-order valence-corrected chi connectivity index (χ4v) is 2.89. The summed E-state index contributed by atoms with van der Waals surface area (Å²) in [5.41, 5.74) is 2.79. The Hall–Kier alpha value is -2.62. The van der Waals surface area contributed by atoms with E-state index in [2.05, 4.69) is 0 Å². The van der Waals surface area contributed by atoms with E-state index < -0.39 is 55.3 Å². The van der Waals surface area contributed by atoms with Gasteiger partial charge in [-0.3, -0.25) is 9.52 Å². The van der Waals surface area contributed by atoms with Crippen molar-refractivity contribution in [3.63, 3.8) is 0 Å². The molecule has 10 heteroatoms. The van der Waals surface area contributed by atoms with Gasteiger partial charge in [0, 0.05) is 0 Å². The number of nitrogens with two attached hydrogens (primary N) is 1. The number of amides is 1. The van der Waals surface area contributed by atoms with Gasteiger partial charge in [-0.15, -0.1) is 0 Å². The van der Waals surface area contributed by atoms with E-state index in [0.29, 0.717) is 30.3 Å². The molecule has 0 saturated carbocycles. The zero-order valence-corrected chi connectivity index (χ0v) is 11.9. The molecule has 0 aromatic heterocycles. The third kappa shape index (κ3) is 3.26. The van der Waals surface area contributed by atoms with Gasteiger partial charge in [-0.2, -0.15) is 0 Å². The lowest BCUT2D eigenvalue weighted by Crippen LogP contribution is -2.20. The van der Waals surface area contributed by atoms with Crippen LogP contribution >= 0.6 is 0 Å². The minimum atomic E-state index is -4.72. The molecule has 0 aliphatic rings. The second kappa shape index (κ2) is 5.88. The number of benzene rings is 2. The predicted octanol–water partition coefficient (Wildman–Crippen LogP) is 2.14. The Kier molecular flexibility index (Phi) is 4.28. The summed E-state index contributed by atoms with van der Waals surface area (Å²) in [4.78, 5) is 9.90. The number of carbonyl (C=O) groups is 1. The van der Waals surface area contributed by atoms with Crippen molar-refractivity contribution in [2.45, 2.75) is 4.90 Å². The third-order valence-corrected chi connectivity index (χ3v) is 4.15. The smallest absolute Gasteiger partial charge is 0.265 e. The summed E-state index contributed by atoms with van der Waals surface area (Å²) < 4.78 is 79.5. The summed E-state index contributed by atoms with van der Waals surface area (Å²) in [5.74, 6) is -6.65. The molecule has 0 saturated heterocycles. The van der Waals surface area contributed by atoms with E-state index in [-0.39, 0.29) is 0 Å². The summed E-state index contributed by atoms with van der Waals surface area (Å²) in [6, 6.07) is 2.92. The number of sulfonamides is 1. The Morgan fingerprint density at radius 2 is 1.61 bits per heavy atom. The third-order valence-electron chi connectivity index (χ3n) is 2.76. The van der Waals surface area contributed by atoms with Crippen LogP contribution in [0.25, 0.3) is 0 Å². The average Bonchev–Trinajstić information content (AvgIpc) is 2.44. The molecule has 0 atom stereocenters. The highest BCUT2D eigenvalue weighted by atomic mass is 32.2. The lowest BCUT2D eigenvalue weighted by atomic mass is 10.1. The van der Waals surface area contributed by atoms with Gasteiger partial charge in [0.15, 0.2) is 5.82 Å². The molecule has 2 rings (SSSR count). The minimum Gasteiger partial charge on any atom is -0.365 e. The van der Waals surface area contributed by atoms with Crippen LogP contribution in [0.1, 0.15) is 10.4 Å². The summed E-state index contributed by atoms with van der Waals surface area (Å²) in [5, 5.41) is 0. The van der Waals surface area contributed by atoms with Crippen molar-refractivity contribution >= 4 is 21.6 Å². The first-order valence-electron chi connectivity index (χ1n) is 5.89. The van der Waals surface area contributed by atoms with E-state index in [0.717, 1.165) is 0 Å². The van der Waals surface area contributed by atoms with Gasteiger partial charge in [-0.25, -0.2) is 26.0 Å². The fraction of sp³-hybridized carbons (Fsp3) is 0. The standard InChI is InChI=1S/C13H8F4N2O3S/c14-6-1-2-7(15)10(5-6)23(21,22)19-9-4-3-8(16)11(12(9)17)13(18)20/h1-5,19H,(H2,18,20). The average molecular weight is 348 g/mol. The number of hydrogen-bond donors (Lipinski definition) is 2. The van der Waals surface area contributed by atoms with Crippen LogP contribution in [0, 0.1) is 23.3 Å². The number of primary amides is 1. The van der Waals surface area contributed by atoms with Gasteiger partial charge in [0.1, 0.15) is 27.9 Å². The molecule has 0 unspecified atom stereocenters. The first-order chi connectivity index (χ1) is 10.6. The van der Waals surface area contributed by atoms with Gasteiger partial charge in [-0.1, -0.05) is 0 Å². The molecular formula is C13H8F4N2O3S. The van der Waals surface area contributed by atoms with Crippen LogP contribution in [0.4, 0.5) is 23.2 Å². The van der Waals surface area contributed by atoms with Crippen molar-refractivity contribution in [3.05, 3.63) is 59.2 Å². The number of anilines is 1. The van der Waals surface area contributed by atoms with Gasteiger partial charge < -0.3 is 5.73 Å². The van der Waals surface area contributed by atoms with Gasteiger partial charge in [0.2, 0.25) is 0 Å². The topological polar surface area (TPSA) is 89.3 Å². The van der Waals surface area contributed by atoms with Crippen molar-refractivity contribution in [3.8, 4) is 0 Å². The van der Waals surface area contributed by atoms with E-state index in [1.165, 1.54) is 0 Å². The van der Waals surface area contributed by atoms with E-state index in [4.69, 9.17) is 5.73 Å². The largest absolute Gasteiger partial charge is 0.365 e. The molecular weight excluding hydrogens is 340 g/mol. The van der Waals surface area contributed by atoms with Gasteiger partial charge in [0.05, 0.1) is 5.69 Å². The predicted molar refractivity (Wildman–Crippen MR) is 72.0 cm³/mol. The second-order valence-corrected chi connectivity index (χ2v) is 5.98. The van der Waals surface area contributed by atoms with Crippen LogP contribution in [0.5, 0.6) is 0 Å². The van der Waals surface area contributed by atoms with Crippen LogP contribution < -0.4 is 10.5 Å². The Morgan fingerprint density at radius 3 is 2.22 bits per heavy atom. The normalized spacial score (nSPS) is 11.3. The van der Waals surface area contributed by atoms with Crippen LogP contribution in [0.15, 0.2) is 35.2 Å². The Bertz CT molecular complexity index is 900. The van der Waals surface area contributed by atoms with Gasteiger partial charge in [-0.05, 0) is 30.3 Å². The van der Waals surface area contributed by atoms with Crippen molar-refractivity contribution < 1.29 is 30.8 Å². The zero-order valence-electron chi connectivity index (χ0n) is 11.1. The molecule has 122 valence electrons. The van der Waals surface area contributed by atoms with Crippen LogP contribution in [-0.2, 0) is 10.0 Å². The van der Waals surface area contributed by atoms with E-state index >= 15 is 0 Å². The maximum Gasteiger partial charge on any atom is 0.265 e. The fourth-order valence-electron chi connectivity index (χ4n) is 1.74. The van der Waals surface area contributed by atoms with Crippen molar-refractivity contribution in [1.82, 2.24) is 0 Å². The molecule has 0 aliphatic heterocycles. The molecule has 2 aromatic carbocycles. The van der Waals surface area contributed by atoms with Crippen molar-refractivity contribution in [2.24, 2.45) is 5.73 Å². The molecule has 0 bridgehead atoms. The molecule has 0 spiro atoms. The number of rotatable bonds is 4.